The molecule has 0 spiro atoms. The molecule has 7 heteroatoms. The summed E-state index contributed by atoms with van der Waals surface area (Å²) in [6.07, 6.45) is 2.30. The molecule has 0 saturated carbocycles. The van der Waals surface area contributed by atoms with Crippen molar-refractivity contribution in [3.05, 3.63) is 40.5 Å². The van der Waals surface area contributed by atoms with E-state index in [2.05, 4.69) is 27.3 Å². The van der Waals surface area contributed by atoms with E-state index in [1.54, 1.807) is 18.2 Å². The number of hydrogen-bond donors (Lipinski definition) is 1. The summed E-state index contributed by atoms with van der Waals surface area (Å²) in [6, 6.07) is 7.00. The van der Waals surface area contributed by atoms with Gasteiger partial charge in [0.1, 0.15) is 5.75 Å². The Bertz CT molecular complexity index is 787. The van der Waals surface area contributed by atoms with Gasteiger partial charge in [0.15, 0.2) is 11.5 Å². The number of rotatable bonds is 4. The van der Waals surface area contributed by atoms with Gasteiger partial charge in [-0.1, -0.05) is 18.5 Å². The Balaban J connectivity index is 1.72. The topological polar surface area (TPSA) is 67.3 Å². The second-order valence-corrected chi connectivity index (χ2v) is 7.11. The third-order valence-electron chi connectivity index (χ3n) is 4.72. The summed E-state index contributed by atoms with van der Waals surface area (Å²) in [5, 5.41) is 11.7. The molecule has 1 N–H and O–H groups in total. The van der Waals surface area contributed by atoms with Gasteiger partial charge in [-0.15, -0.1) is 10.2 Å². The molecule has 1 aliphatic rings. The zero-order chi connectivity index (χ0) is 18.7. The van der Waals surface area contributed by atoms with Crippen LogP contribution in [0.1, 0.15) is 35.8 Å². The second kappa shape index (κ2) is 7.91. The van der Waals surface area contributed by atoms with Gasteiger partial charge in [0.25, 0.3) is 5.91 Å². The lowest BCUT2D eigenvalue weighted by Gasteiger charge is -2.30. The lowest BCUT2D eigenvalue weighted by atomic mass is 9.99. The summed E-state index contributed by atoms with van der Waals surface area (Å²) in [5.41, 5.74) is 1.66. The van der Waals surface area contributed by atoms with Gasteiger partial charge < -0.3 is 15.0 Å². The Morgan fingerprint density at radius 1 is 1.27 bits per heavy atom. The SMILES string of the molecule is COc1cc(Cl)c(C)cc1NC(=O)c1ccc(N2CCC(C)CC2)nn1. The van der Waals surface area contributed by atoms with Crippen molar-refractivity contribution >= 4 is 29.0 Å². The molecule has 1 aromatic carbocycles. The summed E-state index contributed by atoms with van der Waals surface area (Å²) in [6.45, 7) is 6.08. The Kier molecular flexibility index (Phi) is 5.61. The molecule has 138 valence electrons. The highest BCUT2D eigenvalue weighted by atomic mass is 35.5. The fraction of sp³-hybridized carbons (Fsp3) is 0.421. The maximum Gasteiger partial charge on any atom is 0.276 e. The third-order valence-corrected chi connectivity index (χ3v) is 5.13. The number of nitrogens with zero attached hydrogens (tertiary/aromatic N) is 3. The summed E-state index contributed by atoms with van der Waals surface area (Å²) >= 11 is 6.10. The summed E-state index contributed by atoms with van der Waals surface area (Å²) in [4.78, 5) is 14.7. The van der Waals surface area contributed by atoms with Gasteiger partial charge >= 0.3 is 0 Å². The summed E-state index contributed by atoms with van der Waals surface area (Å²) in [5.74, 6) is 1.73. The number of carbonyl (C=O) groups excluding carboxylic acids is 1. The highest BCUT2D eigenvalue weighted by molar-refractivity contribution is 6.31. The molecule has 0 bridgehead atoms. The number of aromatic nitrogens is 2. The van der Waals surface area contributed by atoms with Crippen LogP contribution in [-0.4, -0.2) is 36.3 Å². The van der Waals surface area contributed by atoms with E-state index in [1.807, 2.05) is 13.0 Å². The van der Waals surface area contributed by atoms with E-state index in [1.165, 1.54) is 7.11 Å². The van der Waals surface area contributed by atoms with Crippen molar-refractivity contribution in [2.45, 2.75) is 26.7 Å². The van der Waals surface area contributed by atoms with Crippen LogP contribution in [0.3, 0.4) is 0 Å². The Morgan fingerprint density at radius 2 is 2.00 bits per heavy atom. The van der Waals surface area contributed by atoms with Crippen LogP contribution >= 0.6 is 11.6 Å². The number of ether oxygens (including phenoxy) is 1. The lowest BCUT2D eigenvalue weighted by molar-refractivity contribution is 0.102. The van der Waals surface area contributed by atoms with Crippen LogP contribution in [0.5, 0.6) is 5.75 Å². The maximum absolute atomic E-state index is 12.5. The molecule has 0 unspecified atom stereocenters. The first-order valence-corrected chi connectivity index (χ1v) is 9.10. The van der Waals surface area contributed by atoms with E-state index < -0.39 is 0 Å². The number of benzene rings is 1. The minimum Gasteiger partial charge on any atom is -0.495 e. The van der Waals surface area contributed by atoms with Crippen LogP contribution in [0.4, 0.5) is 11.5 Å². The van der Waals surface area contributed by atoms with E-state index in [-0.39, 0.29) is 11.6 Å². The van der Waals surface area contributed by atoms with Gasteiger partial charge in [0.2, 0.25) is 0 Å². The molecule has 0 atom stereocenters. The summed E-state index contributed by atoms with van der Waals surface area (Å²) in [7, 11) is 1.53. The van der Waals surface area contributed by atoms with Crippen molar-refractivity contribution in [2.24, 2.45) is 5.92 Å². The molecule has 2 heterocycles. The Labute approximate surface area is 158 Å². The number of amides is 1. The first kappa shape index (κ1) is 18.5. The average Bonchev–Trinajstić information content (AvgIpc) is 2.65. The van der Waals surface area contributed by atoms with Crippen LogP contribution in [0, 0.1) is 12.8 Å². The van der Waals surface area contributed by atoms with Gasteiger partial charge in [0, 0.05) is 24.2 Å². The fourth-order valence-corrected chi connectivity index (χ4v) is 3.12. The molecule has 6 nitrogen and oxygen atoms in total. The predicted octanol–water partition coefficient (Wildman–Crippen LogP) is 3.94. The molecule has 3 rings (SSSR count). The van der Waals surface area contributed by atoms with Gasteiger partial charge in [-0.05, 0) is 49.4 Å². The van der Waals surface area contributed by atoms with Crippen LogP contribution in [-0.2, 0) is 0 Å². The Hall–Kier alpha value is -2.34. The second-order valence-electron chi connectivity index (χ2n) is 6.70. The Morgan fingerprint density at radius 3 is 2.62 bits per heavy atom. The quantitative estimate of drug-likeness (QED) is 0.878. The van der Waals surface area contributed by atoms with E-state index in [0.717, 1.165) is 43.2 Å². The highest BCUT2D eigenvalue weighted by Gasteiger charge is 2.18. The third kappa shape index (κ3) is 4.07. The van der Waals surface area contributed by atoms with Gasteiger partial charge in [-0.3, -0.25) is 4.79 Å². The van der Waals surface area contributed by atoms with Gasteiger partial charge in [-0.25, -0.2) is 0 Å². The average molecular weight is 375 g/mol. The number of aryl methyl sites for hydroxylation is 1. The number of hydrogen-bond acceptors (Lipinski definition) is 5. The molecule has 1 aromatic heterocycles. The normalized spacial score (nSPS) is 15.0. The van der Waals surface area contributed by atoms with Crippen molar-refractivity contribution < 1.29 is 9.53 Å². The van der Waals surface area contributed by atoms with E-state index in [9.17, 15) is 4.79 Å². The number of piperidine rings is 1. The van der Waals surface area contributed by atoms with E-state index in [0.29, 0.717) is 16.5 Å². The number of carbonyl (C=O) groups is 1. The minimum absolute atomic E-state index is 0.258. The minimum atomic E-state index is -0.337. The number of methoxy groups -OCH3 is 1. The van der Waals surface area contributed by atoms with E-state index in [4.69, 9.17) is 16.3 Å². The monoisotopic (exact) mass is 374 g/mol. The van der Waals surface area contributed by atoms with Crippen LogP contribution in [0.2, 0.25) is 5.02 Å². The molecule has 26 heavy (non-hydrogen) atoms. The molecule has 1 amide bonds. The largest absolute Gasteiger partial charge is 0.495 e. The van der Waals surface area contributed by atoms with Crippen molar-refractivity contribution in [1.29, 1.82) is 0 Å². The van der Waals surface area contributed by atoms with Crippen molar-refractivity contribution in [3.63, 3.8) is 0 Å². The molecule has 1 fully saturated rings. The maximum atomic E-state index is 12.5. The highest BCUT2D eigenvalue weighted by Crippen LogP contribution is 2.31. The van der Waals surface area contributed by atoms with Crippen molar-refractivity contribution in [3.8, 4) is 5.75 Å². The molecule has 0 aliphatic carbocycles. The van der Waals surface area contributed by atoms with Crippen LogP contribution in [0.15, 0.2) is 24.3 Å². The van der Waals surface area contributed by atoms with Crippen LogP contribution < -0.4 is 15.0 Å². The van der Waals surface area contributed by atoms with Gasteiger partial charge in [-0.2, -0.15) is 0 Å². The lowest BCUT2D eigenvalue weighted by Crippen LogP contribution is -2.33. The fourth-order valence-electron chi connectivity index (χ4n) is 2.97. The standard InChI is InChI=1S/C19H23ClN4O2/c1-12-6-8-24(9-7-12)18-5-4-15(22-23-18)19(25)21-16-10-13(2)14(20)11-17(16)26-3/h4-5,10-12H,6-9H2,1-3H3,(H,21,25). The smallest absolute Gasteiger partial charge is 0.276 e. The van der Waals surface area contributed by atoms with Gasteiger partial charge in [0.05, 0.1) is 12.8 Å². The number of anilines is 2. The van der Waals surface area contributed by atoms with Crippen molar-refractivity contribution in [2.75, 3.05) is 30.4 Å². The molecular weight excluding hydrogens is 352 g/mol. The molecule has 2 aromatic rings. The predicted molar refractivity (Wildman–Crippen MR) is 103 cm³/mol. The number of halogens is 1. The first-order valence-electron chi connectivity index (χ1n) is 8.72. The number of nitrogens with one attached hydrogen (secondary N) is 1. The zero-order valence-corrected chi connectivity index (χ0v) is 16.0. The first-order chi connectivity index (χ1) is 12.5. The molecular formula is C19H23ClN4O2. The molecule has 0 radical (unpaired) electrons. The molecule has 1 aliphatic heterocycles. The van der Waals surface area contributed by atoms with Crippen LogP contribution in [0.25, 0.3) is 0 Å². The summed E-state index contributed by atoms with van der Waals surface area (Å²) < 4.78 is 5.28. The van der Waals surface area contributed by atoms with E-state index >= 15 is 0 Å². The zero-order valence-electron chi connectivity index (χ0n) is 15.3. The van der Waals surface area contributed by atoms with Crippen molar-refractivity contribution in [1.82, 2.24) is 10.2 Å². The molecule has 1 saturated heterocycles.